The molecule has 156 valence electrons. The van der Waals surface area contributed by atoms with Crippen molar-refractivity contribution in [2.45, 2.75) is 135 Å². The summed E-state index contributed by atoms with van der Waals surface area (Å²) < 4.78 is 0. The van der Waals surface area contributed by atoms with Crippen LogP contribution in [0, 0.1) is 0 Å². The topological polar surface area (TPSA) is 24.7 Å². The van der Waals surface area contributed by atoms with Crippen LogP contribution in [0.2, 0.25) is 0 Å². The molecular formula is C25H46N2. The smallest absolute Gasteiger partial charge is 0.0767 e. The Kier molecular flexibility index (Phi) is 13.7. The maximum absolute atomic E-state index is 5.11. The van der Waals surface area contributed by atoms with Gasteiger partial charge in [-0.1, -0.05) is 89.9 Å². The molecule has 0 bridgehead atoms. The fourth-order valence-electron chi connectivity index (χ4n) is 4.51. The molecule has 0 spiro atoms. The lowest BCUT2D eigenvalue weighted by Gasteiger charge is -2.11. The summed E-state index contributed by atoms with van der Waals surface area (Å²) in [6, 6.07) is 0. The van der Waals surface area contributed by atoms with Gasteiger partial charge in [-0.3, -0.25) is 9.98 Å². The molecule has 1 heterocycles. The van der Waals surface area contributed by atoms with Gasteiger partial charge in [0.2, 0.25) is 0 Å². The number of nitrogens with zero attached hydrogens (tertiary/aromatic N) is 2. The highest BCUT2D eigenvalue weighted by Gasteiger charge is 2.05. The third kappa shape index (κ3) is 12.4. The summed E-state index contributed by atoms with van der Waals surface area (Å²) in [5.41, 5.74) is 2.90. The minimum atomic E-state index is 0.898. The van der Waals surface area contributed by atoms with Gasteiger partial charge in [0.1, 0.15) is 0 Å². The zero-order valence-corrected chi connectivity index (χ0v) is 18.2. The molecule has 27 heavy (non-hydrogen) atoms. The van der Waals surface area contributed by atoms with Gasteiger partial charge in [0, 0.05) is 18.0 Å². The Morgan fingerprint density at radius 1 is 0.481 bits per heavy atom. The van der Waals surface area contributed by atoms with E-state index in [2.05, 4.69) is 0 Å². The summed E-state index contributed by atoms with van der Waals surface area (Å²) in [7, 11) is 0. The van der Waals surface area contributed by atoms with Gasteiger partial charge in [-0.05, 0) is 44.9 Å². The van der Waals surface area contributed by atoms with E-state index in [1.165, 1.54) is 146 Å². The van der Waals surface area contributed by atoms with Crippen molar-refractivity contribution in [1.29, 1.82) is 0 Å². The molecule has 2 rings (SSSR count). The van der Waals surface area contributed by atoms with E-state index >= 15 is 0 Å². The minimum Gasteiger partial charge on any atom is -0.292 e. The van der Waals surface area contributed by atoms with Crippen LogP contribution >= 0.6 is 0 Å². The number of rotatable bonds is 2. The van der Waals surface area contributed by atoms with Gasteiger partial charge in [-0.25, -0.2) is 0 Å². The van der Waals surface area contributed by atoms with Crippen molar-refractivity contribution in [2.24, 2.45) is 9.98 Å². The van der Waals surface area contributed by atoms with Crippen LogP contribution in [0.4, 0.5) is 0 Å². The third-order valence-electron chi connectivity index (χ3n) is 6.37. The first-order valence-corrected chi connectivity index (χ1v) is 12.5. The van der Waals surface area contributed by atoms with E-state index in [4.69, 9.17) is 9.98 Å². The number of hydrogen-bond donors (Lipinski definition) is 0. The average Bonchev–Trinajstić information content (AvgIpc) is 2.69. The van der Waals surface area contributed by atoms with E-state index < -0.39 is 0 Å². The quantitative estimate of drug-likeness (QED) is 0.466. The van der Waals surface area contributed by atoms with Crippen LogP contribution in [0.3, 0.4) is 0 Å². The van der Waals surface area contributed by atoms with Crippen LogP contribution in [-0.2, 0) is 0 Å². The summed E-state index contributed by atoms with van der Waals surface area (Å²) in [4.78, 5) is 10.1. The second kappa shape index (κ2) is 16.3. The molecule has 0 N–H and O–H groups in total. The molecule has 2 nitrogen and oxygen atoms in total. The Morgan fingerprint density at radius 3 is 1.41 bits per heavy atom. The molecule has 0 aromatic rings. The molecule has 1 aliphatic heterocycles. The van der Waals surface area contributed by atoms with Crippen molar-refractivity contribution >= 4 is 11.4 Å². The van der Waals surface area contributed by atoms with Gasteiger partial charge in [-0.15, -0.1) is 0 Å². The number of hydrogen-bond acceptors (Lipinski definition) is 2. The molecule has 0 amide bonds. The Balaban J connectivity index is 1.83. The average molecular weight is 375 g/mol. The molecule has 1 saturated carbocycles. The lowest BCUT2D eigenvalue weighted by molar-refractivity contribution is 0.555. The molecule has 2 aliphatic rings. The van der Waals surface area contributed by atoms with Crippen LogP contribution in [0.5, 0.6) is 0 Å². The molecule has 1 aliphatic carbocycles. The third-order valence-corrected chi connectivity index (χ3v) is 6.37. The Morgan fingerprint density at radius 2 is 0.889 bits per heavy atom. The summed E-state index contributed by atoms with van der Waals surface area (Å²) in [6.45, 7) is 1.94. The first-order chi connectivity index (χ1) is 13.4. The second-order valence-corrected chi connectivity index (χ2v) is 8.94. The molecule has 0 saturated heterocycles. The van der Waals surface area contributed by atoms with Crippen LogP contribution in [0.25, 0.3) is 0 Å². The van der Waals surface area contributed by atoms with Crippen molar-refractivity contribution < 1.29 is 0 Å². The van der Waals surface area contributed by atoms with Crippen LogP contribution < -0.4 is 0 Å². The Bertz CT molecular complexity index is 397. The van der Waals surface area contributed by atoms with Gasteiger partial charge < -0.3 is 0 Å². The van der Waals surface area contributed by atoms with Crippen molar-refractivity contribution in [3.63, 3.8) is 0 Å². The minimum absolute atomic E-state index is 0.898. The molecule has 0 aromatic heterocycles. The van der Waals surface area contributed by atoms with E-state index in [0.29, 0.717) is 0 Å². The van der Waals surface area contributed by atoms with E-state index in [1.54, 1.807) is 0 Å². The predicted octanol–water partition coefficient (Wildman–Crippen LogP) is 8.09. The Hall–Kier alpha value is -0.660. The SMILES string of the molecule is C1CCCCCC(=NCC2=NCCCCCCCCCCC2)CCCCC1. The van der Waals surface area contributed by atoms with Crippen molar-refractivity contribution in [1.82, 2.24) is 0 Å². The van der Waals surface area contributed by atoms with Gasteiger partial charge in [0.25, 0.3) is 0 Å². The first kappa shape index (κ1) is 22.6. The van der Waals surface area contributed by atoms with E-state index in [9.17, 15) is 0 Å². The normalized spacial score (nSPS) is 23.6. The zero-order valence-electron chi connectivity index (χ0n) is 18.2. The maximum Gasteiger partial charge on any atom is 0.0767 e. The van der Waals surface area contributed by atoms with Gasteiger partial charge in [0.05, 0.1) is 6.54 Å². The van der Waals surface area contributed by atoms with E-state index in [0.717, 1.165) is 13.1 Å². The molecule has 0 atom stereocenters. The van der Waals surface area contributed by atoms with Gasteiger partial charge >= 0.3 is 0 Å². The predicted molar refractivity (Wildman–Crippen MR) is 122 cm³/mol. The van der Waals surface area contributed by atoms with Crippen molar-refractivity contribution in [3.05, 3.63) is 0 Å². The van der Waals surface area contributed by atoms with E-state index in [1.807, 2.05) is 0 Å². The fraction of sp³-hybridized carbons (Fsp3) is 0.920. The lowest BCUT2D eigenvalue weighted by atomic mass is 10.00. The van der Waals surface area contributed by atoms with E-state index in [-0.39, 0.29) is 0 Å². The maximum atomic E-state index is 5.11. The van der Waals surface area contributed by atoms with Gasteiger partial charge in [-0.2, -0.15) is 0 Å². The molecule has 0 radical (unpaired) electrons. The fourth-order valence-corrected chi connectivity index (χ4v) is 4.51. The van der Waals surface area contributed by atoms with Gasteiger partial charge in [0.15, 0.2) is 0 Å². The number of aliphatic imine (C=N–C) groups is 2. The second-order valence-electron chi connectivity index (χ2n) is 8.94. The first-order valence-electron chi connectivity index (χ1n) is 12.5. The molecule has 1 fully saturated rings. The zero-order chi connectivity index (χ0) is 18.8. The standard InChI is InChI=1S/C25H46N2/c1-3-7-11-15-19-24(20-16-12-8-4-1)27-23-25-21-17-13-9-5-2-6-10-14-18-22-26-25/h1-23H2. The van der Waals surface area contributed by atoms with Crippen molar-refractivity contribution in [2.75, 3.05) is 13.1 Å². The summed E-state index contributed by atoms with van der Waals surface area (Å²) in [5, 5.41) is 0. The molecule has 2 heteroatoms. The highest BCUT2D eigenvalue weighted by molar-refractivity contribution is 5.91. The molecular weight excluding hydrogens is 328 g/mol. The Labute approximate surface area is 169 Å². The van der Waals surface area contributed by atoms with Crippen LogP contribution in [-0.4, -0.2) is 24.5 Å². The largest absolute Gasteiger partial charge is 0.292 e. The highest BCUT2D eigenvalue weighted by Crippen LogP contribution is 2.16. The highest BCUT2D eigenvalue weighted by atomic mass is 14.8. The summed E-state index contributed by atoms with van der Waals surface area (Å²) in [5.74, 6) is 0. The van der Waals surface area contributed by atoms with Crippen LogP contribution in [0.1, 0.15) is 135 Å². The summed E-state index contributed by atoms with van der Waals surface area (Å²) in [6.07, 6.45) is 28.9. The van der Waals surface area contributed by atoms with Crippen LogP contribution in [0.15, 0.2) is 9.98 Å². The molecule has 0 aromatic carbocycles. The monoisotopic (exact) mass is 374 g/mol. The van der Waals surface area contributed by atoms with Crippen molar-refractivity contribution in [3.8, 4) is 0 Å². The molecule has 0 unspecified atom stereocenters. The summed E-state index contributed by atoms with van der Waals surface area (Å²) >= 11 is 0. The lowest BCUT2D eigenvalue weighted by Crippen LogP contribution is -2.09.